The maximum atomic E-state index is 15.1. The summed E-state index contributed by atoms with van der Waals surface area (Å²) in [7, 11) is 0. The van der Waals surface area contributed by atoms with Gasteiger partial charge in [0, 0.05) is 24.2 Å². The fourth-order valence-corrected chi connectivity index (χ4v) is 8.92. The van der Waals surface area contributed by atoms with Gasteiger partial charge in [0.1, 0.15) is 5.60 Å². The molecular formula is C29H35F5O5. The van der Waals surface area contributed by atoms with Crippen LogP contribution in [0.15, 0.2) is 35.4 Å². The molecule has 216 valence electrons. The van der Waals surface area contributed by atoms with E-state index in [4.69, 9.17) is 9.47 Å². The summed E-state index contributed by atoms with van der Waals surface area (Å²) in [6.07, 6.45) is -4.62. The summed E-state index contributed by atoms with van der Waals surface area (Å²) in [6.45, 7) is 2.09. The Balaban J connectivity index is 1.49. The lowest BCUT2D eigenvalue weighted by Gasteiger charge is -2.58. The molecule has 6 rings (SSSR count). The van der Waals surface area contributed by atoms with Crippen LogP contribution in [0, 0.1) is 17.3 Å². The molecule has 5 aliphatic rings. The van der Waals surface area contributed by atoms with Gasteiger partial charge in [-0.3, -0.25) is 0 Å². The highest BCUT2D eigenvalue weighted by Crippen LogP contribution is 2.71. The minimum atomic E-state index is -5.89. The molecule has 4 aliphatic carbocycles. The summed E-state index contributed by atoms with van der Waals surface area (Å²) in [5.41, 5.74) is -3.11. The zero-order valence-electron chi connectivity index (χ0n) is 21.9. The molecule has 0 unspecified atom stereocenters. The Morgan fingerprint density at radius 3 is 2.23 bits per heavy atom. The lowest BCUT2D eigenvalue weighted by Crippen LogP contribution is -2.65. The number of aliphatic hydroxyl groups is 3. The van der Waals surface area contributed by atoms with E-state index >= 15 is 8.78 Å². The fraction of sp³-hybridized carbons (Fsp3) is 0.724. The molecule has 1 saturated heterocycles. The molecule has 1 aromatic rings. The monoisotopic (exact) mass is 558 g/mol. The molecule has 3 saturated carbocycles. The molecule has 0 amide bonds. The van der Waals surface area contributed by atoms with Gasteiger partial charge in [0.05, 0.1) is 25.4 Å². The first-order chi connectivity index (χ1) is 18.2. The number of alkyl halides is 5. The topological polar surface area (TPSA) is 79.2 Å². The van der Waals surface area contributed by atoms with Crippen LogP contribution in [0.5, 0.6) is 0 Å². The number of fused-ring (bicyclic) bond motifs is 4. The first kappa shape index (κ1) is 27.6. The van der Waals surface area contributed by atoms with E-state index in [1.807, 2.05) is 0 Å². The van der Waals surface area contributed by atoms with E-state index in [0.717, 1.165) is 11.1 Å². The van der Waals surface area contributed by atoms with Gasteiger partial charge in [-0.05, 0) is 67.1 Å². The van der Waals surface area contributed by atoms with Crippen LogP contribution in [-0.4, -0.2) is 57.6 Å². The van der Waals surface area contributed by atoms with Crippen molar-refractivity contribution in [2.75, 3.05) is 13.2 Å². The molecule has 6 atom stereocenters. The van der Waals surface area contributed by atoms with Gasteiger partial charge in [-0.15, -0.1) is 0 Å². The SMILES string of the molecule is C[C@]12C[C@H](c3ccc(CO)cc3)C3=C4CCC5(C[C@]4(O)CC[C@H]3[C@@H]1CC[C@]2(O)C(F)(F)C(F)(F)F)OCCO5. The number of rotatable bonds is 3. The van der Waals surface area contributed by atoms with Crippen molar-refractivity contribution in [3.63, 3.8) is 0 Å². The predicted octanol–water partition coefficient (Wildman–Crippen LogP) is 5.38. The second-order valence-electron chi connectivity index (χ2n) is 12.5. The van der Waals surface area contributed by atoms with Crippen LogP contribution in [0.25, 0.3) is 0 Å². The number of benzene rings is 1. The van der Waals surface area contributed by atoms with Crippen molar-refractivity contribution in [1.82, 2.24) is 0 Å². The zero-order valence-corrected chi connectivity index (χ0v) is 21.9. The quantitative estimate of drug-likeness (QED) is 0.343. The average Bonchev–Trinajstić information content (AvgIpc) is 3.44. The van der Waals surface area contributed by atoms with Crippen LogP contribution in [0.2, 0.25) is 0 Å². The molecule has 1 heterocycles. The zero-order chi connectivity index (χ0) is 28.1. The first-order valence-electron chi connectivity index (χ1n) is 13.8. The van der Waals surface area contributed by atoms with Gasteiger partial charge >= 0.3 is 12.1 Å². The van der Waals surface area contributed by atoms with Gasteiger partial charge in [-0.2, -0.15) is 22.0 Å². The highest BCUT2D eigenvalue weighted by Gasteiger charge is 2.79. The minimum Gasteiger partial charge on any atom is -0.392 e. The molecule has 10 heteroatoms. The van der Waals surface area contributed by atoms with E-state index in [-0.39, 0.29) is 31.8 Å². The third-order valence-electron chi connectivity index (χ3n) is 10.8. The minimum absolute atomic E-state index is 0.0465. The summed E-state index contributed by atoms with van der Waals surface area (Å²) in [5, 5.41) is 32.9. The van der Waals surface area contributed by atoms with Crippen molar-refractivity contribution >= 4 is 0 Å². The molecule has 1 aliphatic heterocycles. The number of hydrogen-bond acceptors (Lipinski definition) is 5. The van der Waals surface area contributed by atoms with Crippen LogP contribution in [0.3, 0.4) is 0 Å². The van der Waals surface area contributed by atoms with Gasteiger partial charge < -0.3 is 24.8 Å². The number of allylic oxidation sites excluding steroid dienone is 1. The smallest absolute Gasteiger partial charge is 0.392 e. The van der Waals surface area contributed by atoms with Crippen molar-refractivity contribution in [3.05, 3.63) is 46.5 Å². The van der Waals surface area contributed by atoms with Gasteiger partial charge in [0.25, 0.3) is 0 Å². The van der Waals surface area contributed by atoms with Crippen molar-refractivity contribution in [2.45, 2.75) is 99.9 Å². The molecule has 3 N–H and O–H groups in total. The van der Waals surface area contributed by atoms with Gasteiger partial charge in [0.2, 0.25) is 0 Å². The summed E-state index contributed by atoms with van der Waals surface area (Å²) in [6, 6.07) is 6.95. The highest BCUT2D eigenvalue weighted by molar-refractivity contribution is 5.44. The van der Waals surface area contributed by atoms with E-state index in [1.54, 1.807) is 24.3 Å². The van der Waals surface area contributed by atoms with E-state index < -0.39 is 52.8 Å². The van der Waals surface area contributed by atoms with E-state index in [1.165, 1.54) is 6.92 Å². The lowest BCUT2D eigenvalue weighted by atomic mass is 9.49. The van der Waals surface area contributed by atoms with Crippen molar-refractivity contribution < 1.29 is 46.7 Å². The fourth-order valence-electron chi connectivity index (χ4n) is 8.92. The normalized spacial score (nSPS) is 40.0. The van der Waals surface area contributed by atoms with Crippen molar-refractivity contribution in [2.24, 2.45) is 17.3 Å². The Kier molecular flexibility index (Phi) is 6.16. The van der Waals surface area contributed by atoms with Crippen molar-refractivity contribution in [3.8, 4) is 0 Å². The number of aliphatic hydroxyl groups excluding tert-OH is 1. The summed E-state index contributed by atoms with van der Waals surface area (Å²) < 4.78 is 83.1. The second kappa shape index (κ2) is 8.71. The molecule has 1 aromatic carbocycles. The summed E-state index contributed by atoms with van der Waals surface area (Å²) in [5.74, 6) is -7.65. The number of ether oxygens (including phenoxy) is 2. The Bertz CT molecular complexity index is 1160. The highest BCUT2D eigenvalue weighted by atomic mass is 19.4. The number of halogens is 5. The molecule has 0 bridgehead atoms. The predicted molar refractivity (Wildman–Crippen MR) is 130 cm³/mol. The number of hydrogen-bond donors (Lipinski definition) is 3. The Labute approximate surface area is 224 Å². The first-order valence-corrected chi connectivity index (χ1v) is 13.8. The third kappa shape index (κ3) is 3.74. The molecule has 39 heavy (non-hydrogen) atoms. The van der Waals surface area contributed by atoms with E-state index in [9.17, 15) is 28.5 Å². The molecule has 1 spiro atoms. The van der Waals surface area contributed by atoms with Crippen LogP contribution in [-0.2, 0) is 16.1 Å². The van der Waals surface area contributed by atoms with Gasteiger partial charge in [-0.1, -0.05) is 36.8 Å². The van der Waals surface area contributed by atoms with Crippen LogP contribution < -0.4 is 0 Å². The Morgan fingerprint density at radius 1 is 0.949 bits per heavy atom. The molecule has 5 nitrogen and oxygen atoms in total. The lowest BCUT2D eigenvalue weighted by molar-refractivity contribution is -0.362. The van der Waals surface area contributed by atoms with E-state index in [2.05, 4.69) is 0 Å². The molecular weight excluding hydrogens is 523 g/mol. The Hall–Kier alpha value is -1.59. The Morgan fingerprint density at radius 2 is 1.62 bits per heavy atom. The average molecular weight is 559 g/mol. The molecule has 0 aromatic heterocycles. The molecule has 4 fully saturated rings. The van der Waals surface area contributed by atoms with Gasteiger partial charge in [-0.25, -0.2) is 0 Å². The van der Waals surface area contributed by atoms with Crippen LogP contribution >= 0.6 is 0 Å². The standard InChI is InChI=1S/C29H35F5O5/c1-24-14-20(18-4-2-17(15-35)3-5-18)23-19(21(24)8-11-27(24,37)28(30,31)29(32,33)34)6-9-25(36)16-26(10-7-22(23)25)38-12-13-39-26/h2-5,19-21,35-37H,6-16H2,1H3/t19-,20+,21-,24-,25+,27+/m0/s1. The maximum Gasteiger partial charge on any atom is 0.456 e. The maximum absolute atomic E-state index is 15.1. The second-order valence-corrected chi connectivity index (χ2v) is 12.5. The van der Waals surface area contributed by atoms with E-state index in [0.29, 0.717) is 50.0 Å². The van der Waals surface area contributed by atoms with Crippen molar-refractivity contribution in [1.29, 1.82) is 0 Å². The third-order valence-corrected chi connectivity index (χ3v) is 10.8. The van der Waals surface area contributed by atoms with Crippen LogP contribution in [0.4, 0.5) is 22.0 Å². The van der Waals surface area contributed by atoms with Gasteiger partial charge in [0.15, 0.2) is 5.79 Å². The molecule has 0 radical (unpaired) electrons. The summed E-state index contributed by atoms with van der Waals surface area (Å²) >= 11 is 0. The largest absolute Gasteiger partial charge is 0.456 e. The summed E-state index contributed by atoms with van der Waals surface area (Å²) in [4.78, 5) is 0. The van der Waals surface area contributed by atoms with Crippen LogP contribution in [0.1, 0.15) is 75.3 Å².